The van der Waals surface area contributed by atoms with Crippen LogP contribution in [0.25, 0.3) is 0 Å². The van der Waals surface area contributed by atoms with E-state index >= 15 is 0 Å². The predicted octanol–water partition coefficient (Wildman–Crippen LogP) is 6.08. The van der Waals surface area contributed by atoms with E-state index in [1.165, 1.54) is 32.1 Å². The van der Waals surface area contributed by atoms with E-state index < -0.39 is 47.1 Å². The number of rotatable bonds is 99. The van der Waals surface area contributed by atoms with Gasteiger partial charge in [-0.1, -0.05) is 110 Å². The van der Waals surface area contributed by atoms with Crippen LogP contribution in [0.1, 0.15) is 148 Å². The molecule has 2 unspecified atom stereocenters. The number of likely N-dealkylation sites (tertiary alicyclic amines) is 1. The van der Waals surface area contributed by atoms with Gasteiger partial charge in [0, 0.05) is 25.8 Å². The molecule has 0 bridgehead atoms. The average Bonchev–Trinajstić information content (AvgIpc) is 1.54. The lowest BCUT2D eigenvalue weighted by Crippen LogP contribution is -2.47. The summed E-state index contributed by atoms with van der Waals surface area (Å²) in [6, 6.07) is -1.33. The van der Waals surface area contributed by atoms with Gasteiger partial charge in [-0.25, -0.2) is 4.79 Å². The average molecular weight is 1670 g/mol. The van der Waals surface area contributed by atoms with Crippen LogP contribution in [-0.4, -0.2) is 386 Å². The fraction of sp³-hybridized carbons (Fsp3) is 0.925. The van der Waals surface area contributed by atoms with Gasteiger partial charge in [-0.3, -0.25) is 28.9 Å². The van der Waals surface area contributed by atoms with Crippen LogP contribution >= 0.6 is 0 Å². The van der Waals surface area contributed by atoms with Crippen molar-refractivity contribution in [1.82, 2.24) is 10.2 Å². The minimum atomic E-state index is -1.46. The summed E-state index contributed by atoms with van der Waals surface area (Å²) in [5.74, 6) is -4.54. The van der Waals surface area contributed by atoms with Crippen molar-refractivity contribution < 1.29 is 158 Å². The van der Waals surface area contributed by atoms with Crippen molar-refractivity contribution in [2.75, 3.05) is 324 Å². The first-order chi connectivity index (χ1) is 56.6. The molecule has 0 aromatic heterocycles. The Balaban J connectivity index is 1.73. The molecular formula is C80H150N2O33. The van der Waals surface area contributed by atoms with Crippen LogP contribution in [0.5, 0.6) is 0 Å². The maximum absolute atomic E-state index is 13.6. The minimum absolute atomic E-state index is 0.0170. The molecule has 4 N–H and O–H groups in total. The first-order valence-corrected chi connectivity index (χ1v) is 42.2. The molecule has 3 amide bonds. The van der Waals surface area contributed by atoms with Crippen LogP contribution in [-0.2, 0) is 142 Å². The molecule has 0 aromatic rings. The molecule has 35 heteroatoms. The highest BCUT2D eigenvalue weighted by atomic mass is 16.6. The minimum Gasteiger partial charge on any atom is -0.481 e. The largest absolute Gasteiger partial charge is 0.481 e. The van der Waals surface area contributed by atoms with E-state index in [0.717, 1.165) is 62.7 Å². The zero-order valence-electron chi connectivity index (χ0n) is 69.8. The summed E-state index contributed by atoms with van der Waals surface area (Å²) in [6.07, 6.45) is 18.0. The molecular weight excluding hydrogens is 1520 g/mol. The summed E-state index contributed by atoms with van der Waals surface area (Å²) in [6.45, 7) is 21.9. The van der Waals surface area contributed by atoms with E-state index in [4.69, 9.17) is 119 Å². The molecule has 0 saturated carbocycles. The quantitative estimate of drug-likeness (QED) is 0.0304. The van der Waals surface area contributed by atoms with Gasteiger partial charge in [-0.2, -0.15) is 0 Å². The van der Waals surface area contributed by atoms with Gasteiger partial charge in [-0.15, -0.1) is 0 Å². The van der Waals surface area contributed by atoms with Gasteiger partial charge in [0.1, 0.15) is 5.41 Å². The zero-order valence-corrected chi connectivity index (χ0v) is 69.8. The normalized spacial score (nSPS) is 13.2. The number of imide groups is 1. The van der Waals surface area contributed by atoms with Crippen LogP contribution < -0.4 is 5.32 Å². The number of ether oxygens (including phenoxy) is 24. The molecule has 35 nitrogen and oxygen atoms in total. The van der Waals surface area contributed by atoms with Crippen molar-refractivity contribution in [3.05, 3.63) is 0 Å². The van der Waals surface area contributed by atoms with Gasteiger partial charge in [0.25, 0.3) is 0 Å². The van der Waals surface area contributed by atoms with E-state index in [0.29, 0.717) is 323 Å². The number of carbonyl (C=O) groups excluding carboxylic acids is 3. The lowest BCUT2D eigenvalue weighted by molar-refractivity contribution is -0.157. The number of nitrogens with one attached hydrogen (secondary N) is 1. The topological polar surface area (TPSA) is 400 Å². The highest BCUT2D eigenvalue weighted by molar-refractivity contribution is 6.05. The number of aliphatic carboxylic acids is 3. The van der Waals surface area contributed by atoms with Crippen LogP contribution in [0.3, 0.4) is 0 Å². The van der Waals surface area contributed by atoms with Gasteiger partial charge >= 0.3 is 17.9 Å². The second kappa shape index (κ2) is 87.9. The fourth-order valence-electron chi connectivity index (χ4n) is 11.0. The number of amides is 3. The van der Waals surface area contributed by atoms with Crippen molar-refractivity contribution in [2.24, 2.45) is 5.41 Å². The summed E-state index contributed by atoms with van der Waals surface area (Å²) in [5.41, 5.74) is -1.46. The van der Waals surface area contributed by atoms with E-state index in [9.17, 15) is 39.0 Å². The number of nitrogens with zero attached hydrogens (tertiary/aromatic N) is 1. The Hall–Kier alpha value is -3.94. The smallest absolute Gasteiger partial charge is 0.329 e. The molecule has 0 spiro atoms. The molecule has 1 aliphatic rings. The van der Waals surface area contributed by atoms with Crippen LogP contribution in [0.15, 0.2) is 0 Å². The number of unbranched alkanes of at least 4 members (excludes halogenated alkanes) is 15. The summed E-state index contributed by atoms with van der Waals surface area (Å²) in [7, 11) is 0. The lowest BCUT2D eigenvalue weighted by atomic mass is 9.76. The Morgan fingerprint density at radius 1 is 0.296 bits per heavy atom. The number of hydrogen-bond donors (Lipinski definition) is 4. The Labute approximate surface area is 684 Å². The standard InChI is InChI=1S/C80H150N2O33/c1-2-3-4-5-6-8-11-14-17-22-80(79(90)91,23-18-15-12-9-7-10-13-16-19-76(85)86)78(89)81-24-25-92-26-27-93-28-29-94-30-31-95-32-33-96-34-35-97-36-37-98-38-39-99-40-41-100-42-43-101-44-45-102-46-47-103-48-49-104-50-51-105-52-53-106-54-55-107-56-57-108-58-59-109-60-61-110-62-63-111-64-65-112-66-67-113-68-69-114-70-71-115-72-73(77(87)88)82-74(83)20-21-75(82)84/h73H,2-72H2,1H3,(H,81,89)(H,85,86)(H,87,88)(H,90,91). The molecule has 0 aliphatic carbocycles. The van der Waals surface area contributed by atoms with Gasteiger partial charge in [-0.05, 0) is 19.3 Å². The Morgan fingerprint density at radius 2 is 0.496 bits per heavy atom. The third-order valence-electron chi connectivity index (χ3n) is 17.3. The first-order valence-electron chi connectivity index (χ1n) is 42.2. The van der Waals surface area contributed by atoms with Gasteiger partial charge < -0.3 is 134 Å². The Bertz CT molecular complexity index is 2140. The van der Waals surface area contributed by atoms with Crippen molar-refractivity contribution in [2.45, 2.75) is 154 Å². The van der Waals surface area contributed by atoms with E-state index in [1.54, 1.807) is 0 Å². The maximum atomic E-state index is 13.6. The number of carboxylic acid groups (broad SMARTS) is 3. The number of carbonyl (C=O) groups is 6. The summed E-state index contributed by atoms with van der Waals surface area (Å²) in [4.78, 5) is 72.9. The molecule has 1 aliphatic heterocycles. The number of carboxylic acids is 3. The first kappa shape index (κ1) is 109. The summed E-state index contributed by atoms with van der Waals surface area (Å²) in [5, 5.41) is 31.5. The number of hydrogen-bond acceptors (Lipinski definition) is 30. The monoisotopic (exact) mass is 1670 g/mol. The molecule has 1 fully saturated rings. The molecule has 1 rings (SSSR count). The summed E-state index contributed by atoms with van der Waals surface area (Å²) >= 11 is 0. The van der Waals surface area contributed by atoms with Gasteiger partial charge in [0.2, 0.25) is 17.7 Å². The predicted molar refractivity (Wildman–Crippen MR) is 421 cm³/mol. The highest BCUT2D eigenvalue weighted by Crippen LogP contribution is 2.33. The van der Waals surface area contributed by atoms with Crippen LogP contribution in [0.4, 0.5) is 0 Å². The third-order valence-corrected chi connectivity index (χ3v) is 17.3. The zero-order chi connectivity index (χ0) is 83.0. The molecule has 1 heterocycles. The van der Waals surface area contributed by atoms with Crippen molar-refractivity contribution in [3.8, 4) is 0 Å². The van der Waals surface area contributed by atoms with Crippen LogP contribution in [0, 0.1) is 5.41 Å². The SMILES string of the molecule is CCCCCCCCCCCC(CCCCCCCCCCC(=O)O)(C(=O)O)C(=O)NCCOCCOCCOCCOCCOCCOCCOCCOCCOCCOCCOCCOCCOCCOCCOCCOCCOCCOCCOCCOCCOCCOCCOCCOCC(C(=O)O)N1C(=O)CCC1=O. The van der Waals surface area contributed by atoms with E-state index in [2.05, 4.69) is 12.2 Å². The van der Waals surface area contributed by atoms with Crippen LogP contribution in [0.2, 0.25) is 0 Å². The molecule has 678 valence electrons. The molecule has 0 aromatic carbocycles. The third kappa shape index (κ3) is 73.7. The lowest BCUT2D eigenvalue weighted by Gasteiger charge is -2.28. The molecule has 1 saturated heterocycles. The Kier molecular flexibility index (Phi) is 83.3. The van der Waals surface area contributed by atoms with Crippen molar-refractivity contribution >= 4 is 35.6 Å². The summed E-state index contributed by atoms with van der Waals surface area (Å²) < 4.78 is 133. The van der Waals surface area contributed by atoms with Crippen molar-refractivity contribution in [3.63, 3.8) is 0 Å². The molecule has 0 radical (unpaired) electrons. The van der Waals surface area contributed by atoms with E-state index in [1.807, 2.05) is 0 Å². The van der Waals surface area contributed by atoms with Gasteiger partial charge in [0.05, 0.1) is 317 Å². The second-order valence-corrected chi connectivity index (χ2v) is 26.6. The fourth-order valence-corrected chi connectivity index (χ4v) is 11.0. The highest BCUT2D eigenvalue weighted by Gasteiger charge is 2.45. The van der Waals surface area contributed by atoms with Crippen molar-refractivity contribution in [1.29, 1.82) is 0 Å². The van der Waals surface area contributed by atoms with Gasteiger partial charge in [0.15, 0.2) is 6.04 Å². The van der Waals surface area contributed by atoms with E-state index in [-0.39, 0.29) is 52.2 Å². The molecule has 115 heavy (non-hydrogen) atoms. The maximum Gasteiger partial charge on any atom is 0.329 e. The second-order valence-electron chi connectivity index (χ2n) is 26.6. The molecule has 2 atom stereocenters. The Morgan fingerprint density at radius 3 is 0.704 bits per heavy atom.